The van der Waals surface area contributed by atoms with E-state index in [4.69, 9.17) is 21.1 Å². The minimum Gasteiger partial charge on any atom is -0.494 e. The van der Waals surface area contributed by atoms with Crippen LogP contribution in [0.1, 0.15) is 33.1 Å². The molecule has 1 aromatic rings. The molecule has 0 aliphatic carbocycles. The lowest BCUT2D eigenvalue weighted by Gasteiger charge is -2.09. The van der Waals surface area contributed by atoms with Crippen LogP contribution in [0.4, 0.5) is 4.79 Å². The van der Waals surface area contributed by atoms with E-state index in [-0.39, 0.29) is 6.03 Å². The molecule has 0 saturated carbocycles. The van der Waals surface area contributed by atoms with Crippen molar-refractivity contribution in [1.82, 2.24) is 10.6 Å². The molecule has 136 valence electrons. The van der Waals surface area contributed by atoms with Gasteiger partial charge in [-0.2, -0.15) is 0 Å². The molecular formula is C18H29ClN2O3. The summed E-state index contributed by atoms with van der Waals surface area (Å²) in [5.41, 5.74) is 0. The number of urea groups is 1. The van der Waals surface area contributed by atoms with Gasteiger partial charge in [0.15, 0.2) is 0 Å². The lowest BCUT2D eigenvalue weighted by atomic mass is 10.2. The van der Waals surface area contributed by atoms with Crippen LogP contribution in [-0.4, -0.2) is 38.9 Å². The molecule has 6 heteroatoms. The number of ether oxygens (including phenoxy) is 2. The third-order valence-electron chi connectivity index (χ3n) is 3.14. The first-order chi connectivity index (χ1) is 11.6. The third kappa shape index (κ3) is 11.1. The maximum absolute atomic E-state index is 11.6. The molecule has 0 aromatic heterocycles. The van der Waals surface area contributed by atoms with E-state index >= 15 is 0 Å². The summed E-state index contributed by atoms with van der Waals surface area (Å²) in [5.74, 6) is 1.36. The van der Waals surface area contributed by atoms with Crippen molar-refractivity contribution in [3.8, 4) is 5.75 Å². The summed E-state index contributed by atoms with van der Waals surface area (Å²) in [7, 11) is 0. The third-order valence-corrected chi connectivity index (χ3v) is 3.39. The fraction of sp³-hybridized carbons (Fsp3) is 0.611. The Morgan fingerprint density at radius 1 is 1.04 bits per heavy atom. The van der Waals surface area contributed by atoms with Gasteiger partial charge in [-0.15, -0.1) is 0 Å². The van der Waals surface area contributed by atoms with E-state index in [1.54, 1.807) is 12.1 Å². The van der Waals surface area contributed by atoms with Crippen molar-refractivity contribution in [2.45, 2.75) is 33.1 Å². The summed E-state index contributed by atoms with van der Waals surface area (Å²) in [6.45, 7) is 7.57. The highest BCUT2D eigenvalue weighted by Crippen LogP contribution is 2.15. The minimum atomic E-state index is -0.127. The minimum absolute atomic E-state index is 0.127. The van der Waals surface area contributed by atoms with Gasteiger partial charge in [-0.3, -0.25) is 0 Å². The highest BCUT2D eigenvalue weighted by atomic mass is 35.5. The van der Waals surface area contributed by atoms with Gasteiger partial charge in [0.2, 0.25) is 0 Å². The van der Waals surface area contributed by atoms with Gasteiger partial charge in [-0.25, -0.2) is 4.79 Å². The number of unbranched alkanes of at least 4 members (excludes halogenated alkanes) is 1. The number of benzene rings is 1. The second kappa shape index (κ2) is 12.9. The fourth-order valence-electron chi connectivity index (χ4n) is 1.91. The Morgan fingerprint density at radius 2 is 1.71 bits per heavy atom. The predicted molar refractivity (Wildman–Crippen MR) is 97.9 cm³/mol. The first-order valence-electron chi connectivity index (χ1n) is 8.55. The Balaban J connectivity index is 1.89. The molecule has 0 unspecified atom stereocenters. The van der Waals surface area contributed by atoms with Crippen molar-refractivity contribution >= 4 is 17.6 Å². The molecule has 5 nitrogen and oxygen atoms in total. The number of carbonyl (C=O) groups is 1. The monoisotopic (exact) mass is 356 g/mol. The Bertz CT molecular complexity index is 452. The largest absolute Gasteiger partial charge is 0.494 e. The zero-order chi connectivity index (χ0) is 17.6. The number of halogens is 1. The smallest absolute Gasteiger partial charge is 0.314 e. The van der Waals surface area contributed by atoms with Gasteiger partial charge >= 0.3 is 6.03 Å². The van der Waals surface area contributed by atoms with E-state index in [2.05, 4.69) is 24.5 Å². The second-order valence-corrected chi connectivity index (χ2v) is 6.45. The van der Waals surface area contributed by atoms with E-state index in [1.807, 2.05) is 12.1 Å². The molecule has 0 aliphatic rings. The lowest BCUT2D eigenvalue weighted by Crippen LogP contribution is -2.36. The molecule has 0 spiro atoms. The van der Waals surface area contributed by atoms with Crippen LogP contribution in [0.2, 0.25) is 5.02 Å². The van der Waals surface area contributed by atoms with Gasteiger partial charge in [0.05, 0.1) is 6.61 Å². The maximum Gasteiger partial charge on any atom is 0.314 e. The molecule has 0 aliphatic heterocycles. The first-order valence-corrected chi connectivity index (χ1v) is 8.93. The van der Waals surface area contributed by atoms with Gasteiger partial charge in [-0.1, -0.05) is 25.4 Å². The van der Waals surface area contributed by atoms with Gasteiger partial charge in [0.25, 0.3) is 0 Å². The van der Waals surface area contributed by atoms with E-state index in [1.165, 1.54) is 0 Å². The average molecular weight is 357 g/mol. The highest BCUT2D eigenvalue weighted by molar-refractivity contribution is 6.30. The van der Waals surface area contributed by atoms with Crippen molar-refractivity contribution in [3.05, 3.63) is 29.3 Å². The maximum atomic E-state index is 11.6. The summed E-state index contributed by atoms with van der Waals surface area (Å²) in [5, 5.41) is 6.35. The van der Waals surface area contributed by atoms with Gasteiger partial charge < -0.3 is 20.1 Å². The topological polar surface area (TPSA) is 59.6 Å². The molecular weight excluding hydrogens is 328 g/mol. The molecule has 2 amide bonds. The normalized spacial score (nSPS) is 10.7. The van der Waals surface area contributed by atoms with Crippen molar-refractivity contribution in [1.29, 1.82) is 0 Å². The molecule has 0 heterocycles. The number of carbonyl (C=O) groups excluding carboxylic acids is 1. The van der Waals surface area contributed by atoms with E-state index in [0.717, 1.165) is 31.6 Å². The van der Waals surface area contributed by atoms with Gasteiger partial charge in [0, 0.05) is 31.3 Å². The Labute approximate surface area is 150 Å². The van der Waals surface area contributed by atoms with Crippen LogP contribution in [-0.2, 0) is 4.74 Å². The lowest BCUT2D eigenvalue weighted by molar-refractivity contribution is 0.108. The number of hydrogen-bond acceptors (Lipinski definition) is 3. The van der Waals surface area contributed by atoms with Crippen molar-refractivity contribution in [2.24, 2.45) is 5.92 Å². The van der Waals surface area contributed by atoms with Crippen LogP contribution in [0.15, 0.2) is 24.3 Å². The molecule has 0 atom stereocenters. The zero-order valence-corrected chi connectivity index (χ0v) is 15.4. The summed E-state index contributed by atoms with van der Waals surface area (Å²) < 4.78 is 11.0. The van der Waals surface area contributed by atoms with Gasteiger partial charge in [-0.05, 0) is 49.4 Å². The Hall–Kier alpha value is -1.46. The molecule has 1 aromatic carbocycles. The molecule has 0 saturated heterocycles. The number of rotatable bonds is 12. The van der Waals surface area contributed by atoms with Crippen molar-refractivity contribution in [3.63, 3.8) is 0 Å². The summed E-state index contributed by atoms with van der Waals surface area (Å²) >= 11 is 5.81. The van der Waals surface area contributed by atoms with Gasteiger partial charge in [0.1, 0.15) is 5.75 Å². The summed E-state index contributed by atoms with van der Waals surface area (Å²) in [6.07, 6.45) is 2.58. The molecule has 2 N–H and O–H groups in total. The second-order valence-electron chi connectivity index (χ2n) is 6.01. The highest BCUT2D eigenvalue weighted by Gasteiger charge is 2.00. The van der Waals surface area contributed by atoms with E-state index in [9.17, 15) is 4.79 Å². The number of hydrogen-bond donors (Lipinski definition) is 2. The van der Waals surface area contributed by atoms with Crippen molar-refractivity contribution < 1.29 is 14.3 Å². The number of amides is 2. The SMILES string of the molecule is CC(C)COCCCNC(=O)NCCCCOc1ccc(Cl)cc1. The van der Waals surface area contributed by atoms with Crippen LogP contribution in [0, 0.1) is 5.92 Å². The molecule has 1 rings (SSSR count). The van der Waals surface area contributed by atoms with Crippen LogP contribution in [0.25, 0.3) is 0 Å². The van der Waals surface area contributed by atoms with Crippen LogP contribution in [0.3, 0.4) is 0 Å². The Morgan fingerprint density at radius 3 is 2.38 bits per heavy atom. The van der Waals surface area contributed by atoms with Crippen LogP contribution < -0.4 is 15.4 Å². The van der Waals surface area contributed by atoms with Crippen LogP contribution in [0.5, 0.6) is 5.75 Å². The summed E-state index contributed by atoms with van der Waals surface area (Å²) in [6, 6.07) is 7.17. The quantitative estimate of drug-likeness (QED) is 0.559. The zero-order valence-electron chi connectivity index (χ0n) is 14.6. The fourth-order valence-corrected chi connectivity index (χ4v) is 2.03. The standard InChI is InChI=1S/C18H29ClN2O3/c1-15(2)14-23-12-5-11-21-18(22)20-10-3-4-13-24-17-8-6-16(19)7-9-17/h6-9,15H,3-5,10-14H2,1-2H3,(H2,20,21,22). The average Bonchev–Trinajstić information content (AvgIpc) is 2.55. The predicted octanol–water partition coefficient (Wildman–Crippen LogP) is 3.86. The first kappa shape index (κ1) is 20.6. The molecule has 24 heavy (non-hydrogen) atoms. The van der Waals surface area contributed by atoms with E-state index in [0.29, 0.717) is 37.2 Å². The Kier molecular flexibility index (Phi) is 11.1. The molecule has 0 fully saturated rings. The molecule has 0 bridgehead atoms. The van der Waals surface area contributed by atoms with Crippen molar-refractivity contribution in [2.75, 3.05) is 32.9 Å². The molecule has 0 radical (unpaired) electrons. The van der Waals surface area contributed by atoms with E-state index < -0.39 is 0 Å². The summed E-state index contributed by atoms with van der Waals surface area (Å²) in [4.78, 5) is 11.6. The number of nitrogens with one attached hydrogen (secondary N) is 2. The van der Waals surface area contributed by atoms with Crippen LogP contribution >= 0.6 is 11.6 Å².